The summed E-state index contributed by atoms with van der Waals surface area (Å²) in [6, 6.07) is -0.868. The van der Waals surface area contributed by atoms with Gasteiger partial charge in [-0.15, -0.1) is 0 Å². The van der Waals surface area contributed by atoms with Gasteiger partial charge in [0, 0.05) is 6.42 Å². The molecule has 0 aromatic rings. The second kappa shape index (κ2) is 62.7. The lowest BCUT2D eigenvalue weighted by Crippen LogP contribution is -2.45. The number of phosphoric ester groups is 1. The third-order valence-corrected chi connectivity index (χ3v) is 16.0. The monoisotopic (exact) mass is 1160 g/mol. The summed E-state index contributed by atoms with van der Waals surface area (Å²) in [5.41, 5.74) is 0. The summed E-state index contributed by atoms with van der Waals surface area (Å²) in [5.74, 6) is -0.185. The zero-order valence-electron chi connectivity index (χ0n) is 54.2. The molecule has 0 saturated heterocycles. The number of carbonyl (C=O) groups is 1. The van der Waals surface area contributed by atoms with Crippen LogP contribution in [0.3, 0.4) is 0 Å². The maximum Gasteiger partial charge on any atom is 0.472 e. The van der Waals surface area contributed by atoms with Gasteiger partial charge in [0.25, 0.3) is 0 Å². The molecule has 0 rings (SSSR count). The number of nitrogens with one attached hydrogen (secondary N) is 1. The van der Waals surface area contributed by atoms with Crippen molar-refractivity contribution in [2.45, 2.75) is 309 Å². The third kappa shape index (κ3) is 64.7. The molecule has 3 atom stereocenters. The quantitative estimate of drug-likeness (QED) is 0.0243. The molecule has 0 spiro atoms. The Morgan fingerprint density at radius 1 is 0.427 bits per heavy atom. The summed E-state index contributed by atoms with van der Waals surface area (Å²) in [4.78, 5) is 23.4. The van der Waals surface area contributed by atoms with Crippen molar-refractivity contribution < 1.29 is 32.9 Å². The van der Waals surface area contributed by atoms with Crippen LogP contribution in [0.25, 0.3) is 0 Å². The number of rotatable bonds is 62. The number of hydrogen-bond donors (Lipinski definition) is 3. The fraction of sp³-hybridized carbons (Fsp3) is 0.740. The molecule has 3 unspecified atom stereocenters. The van der Waals surface area contributed by atoms with Crippen LogP contribution in [0.4, 0.5) is 0 Å². The number of amides is 1. The molecule has 474 valence electrons. The number of hydrogen-bond acceptors (Lipinski definition) is 5. The summed E-state index contributed by atoms with van der Waals surface area (Å²) in [7, 11) is 1.56. The van der Waals surface area contributed by atoms with Crippen molar-refractivity contribution in [1.29, 1.82) is 0 Å². The minimum absolute atomic E-state index is 0.0541. The number of allylic oxidation sites excluding steroid dienone is 17. The number of phosphoric acid groups is 1. The van der Waals surface area contributed by atoms with Crippen LogP contribution in [0, 0.1) is 0 Å². The lowest BCUT2D eigenvalue weighted by atomic mass is 10.0. The van der Waals surface area contributed by atoms with E-state index in [2.05, 4.69) is 116 Å². The molecule has 0 saturated carbocycles. The van der Waals surface area contributed by atoms with Crippen molar-refractivity contribution in [2.24, 2.45) is 0 Å². The van der Waals surface area contributed by atoms with Gasteiger partial charge in [-0.1, -0.05) is 309 Å². The lowest BCUT2D eigenvalue weighted by molar-refractivity contribution is -0.870. The van der Waals surface area contributed by atoms with Crippen LogP contribution >= 0.6 is 7.82 Å². The maximum absolute atomic E-state index is 13.0. The van der Waals surface area contributed by atoms with Crippen molar-refractivity contribution in [1.82, 2.24) is 5.32 Å². The van der Waals surface area contributed by atoms with Crippen molar-refractivity contribution in [3.05, 3.63) is 109 Å². The standard InChI is InChI=1S/C73H131N2O6P/c1-6-8-10-12-14-16-18-20-22-24-26-27-28-29-30-31-32-33-34-35-36-37-38-39-40-41-42-43-44-45-46-47-49-51-53-55-57-59-61-63-65-67-73(77)74-71(70-81-82(78,79)80-69-68-75(3,4)5)72(76)66-64-62-60-58-56-54-52-50-48-25-23-21-19-17-15-13-11-9-7-2/h8,10,14,16,20,22,26-27,29-30,32-33,35-36,56,58,64,66,71-72,76H,6-7,9,11-13,15,17-19,21,23-25,28,31,34,37-55,57,59-63,65,67-70H2,1-5H3,(H-,74,77,78,79)/p+1/b10-8-,16-14-,22-20-,27-26-,30-29-,33-32-,36-35-,58-56+,66-64+. The molecule has 0 radical (unpaired) electrons. The van der Waals surface area contributed by atoms with Crippen LogP contribution in [-0.2, 0) is 18.4 Å². The summed E-state index contributed by atoms with van der Waals surface area (Å²) >= 11 is 0. The topological polar surface area (TPSA) is 105 Å². The minimum atomic E-state index is -4.36. The summed E-state index contributed by atoms with van der Waals surface area (Å²) in [5, 5.41) is 14.0. The normalized spacial score (nSPS) is 14.4. The first-order chi connectivity index (χ1) is 40.0. The first-order valence-corrected chi connectivity index (χ1v) is 35.8. The molecule has 3 N–H and O–H groups in total. The number of aliphatic hydroxyl groups excluding tert-OH is 1. The van der Waals surface area contributed by atoms with E-state index in [1.165, 1.54) is 193 Å². The summed E-state index contributed by atoms with van der Waals surface area (Å²) in [6.45, 7) is 4.70. The van der Waals surface area contributed by atoms with Crippen molar-refractivity contribution >= 4 is 13.7 Å². The molecule has 0 aliphatic heterocycles. The zero-order chi connectivity index (χ0) is 59.8. The highest BCUT2D eigenvalue weighted by Gasteiger charge is 2.28. The van der Waals surface area contributed by atoms with Crippen LogP contribution in [0.5, 0.6) is 0 Å². The highest BCUT2D eigenvalue weighted by molar-refractivity contribution is 7.47. The lowest BCUT2D eigenvalue weighted by Gasteiger charge is -2.25. The van der Waals surface area contributed by atoms with Crippen LogP contribution in [0.1, 0.15) is 296 Å². The number of aliphatic hydroxyl groups is 1. The van der Waals surface area contributed by atoms with Gasteiger partial charge in [0.15, 0.2) is 0 Å². The van der Waals surface area contributed by atoms with Crippen LogP contribution in [0.2, 0.25) is 0 Å². The Morgan fingerprint density at radius 2 is 0.744 bits per heavy atom. The highest BCUT2D eigenvalue weighted by atomic mass is 31.2. The number of carbonyl (C=O) groups excluding carboxylic acids is 1. The predicted octanol–water partition coefficient (Wildman–Crippen LogP) is 21.9. The van der Waals surface area contributed by atoms with Crippen molar-refractivity contribution in [2.75, 3.05) is 40.9 Å². The van der Waals surface area contributed by atoms with Crippen LogP contribution in [-0.4, -0.2) is 73.4 Å². The molecule has 0 aliphatic rings. The highest BCUT2D eigenvalue weighted by Crippen LogP contribution is 2.43. The van der Waals surface area contributed by atoms with Gasteiger partial charge in [-0.3, -0.25) is 13.8 Å². The Morgan fingerprint density at radius 3 is 1.12 bits per heavy atom. The van der Waals surface area contributed by atoms with E-state index in [0.717, 1.165) is 83.5 Å². The largest absolute Gasteiger partial charge is 0.472 e. The SMILES string of the molecule is CC/C=C\C/C=C\C/C=C\C/C=C\C/C=C\C/C=C\C/C=C\CCCCCCCCCCCCCCCCCCCCCC(=O)NC(COP(=O)(O)OCC[N+](C)(C)C)C(O)/C=C/CC/C=C/CCCCCCCCCCCCCCC. The average molecular weight is 1160 g/mol. The van der Waals surface area contributed by atoms with E-state index in [-0.39, 0.29) is 19.1 Å². The Labute approximate surface area is 508 Å². The van der Waals surface area contributed by atoms with E-state index in [1.54, 1.807) is 6.08 Å². The van der Waals surface area contributed by atoms with Gasteiger partial charge in [-0.25, -0.2) is 4.57 Å². The predicted molar refractivity (Wildman–Crippen MR) is 359 cm³/mol. The van der Waals surface area contributed by atoms with E-state index in [9.17, 15) is 19.4 Å². The molecule has 0 aromatic carbocycles. The van der Waals surface area contributed by atoms with E-state index >= 15 is 0 Å². The second-order valence-corrected chi connectivity index (χ2v) is 25.6. The number of likely N-dealkylation sites (N-methyl/N-ethyl adjacent to an activating group) is 1. The van der Waals surface area contributed by atoms with E-state index in [1.807, 2.05) is 27.2 Å². The minimum Gasteiger partial charge on any atom is -0.387 e. The van der Waals surface area contributed by atoms with Gasteiger partial charge in [0.05, 0.1) is 39.9 Å². The molecule has 0 bridgehead atoms. The third-order valence-electron chi connectivity index (χ3n) is 15.0. The first kappa shape index (κ1) is 79.2. The molecule has 9 heteroatoms. The fourth-order valence-corrected chi connectivity index (χ4v) is 10.4. The maximum atomic E-state index is 13.0. The molecule has 0 aromatic heterocycles. The number of unbranched alkanes of at least 4 members (excludes halogenated alkanes) is 33. The number of nitrogens with zero attached hydrogens (tertiary/aromatic N) is 1. The van der Waals surface area contributed by atoms with Crippen molar-refractivity contribution in [3.63, 3.8) is 0 Å². The van der Waals surface area contributed by atoms with Crippen molar-refractivity contribution in [3.8, 4) is 0 Å². The Hall–Kier alpha value is -2.84. The molecular weight excluding hydrogens is 1030 g/mol. The van der Waals surface area contributed by atoms with Crippen LogP contribution < -0.4 is 5.32 Å². The van der Waals surface area contributed by atoms with Gasteiger partial charge in [-0.05, 0) is 89.9 Å². The van der Waals surface area contributed by atoms with E-state index in [0.29, 0.717) is 17.4 Å². The van der Waals surface area contributed by atoms with E-state index < -0.39 is 20.0 Å². The molecule has 8 nitrogen and oxygen atoms in total. The smallest absolute Gasteiger partial charge is 0.387 e. The van der Waals surface area contributed by atoms with Gasteiger partial charge < -0.3 is 19.8 Å². The zero-order valence-corrected chi connectivity index (χ0v) is 55.1. The molecule has 0 aliphatic carbocycles. The van der Waals surface area contributed by atoms with E-state index in [4.69, 9.17) is 9.05 Å². The van der Waals surface area contributed by atoms with Crippen LogP contribution in [0.15, 0.2) is 109 Å². The summed E-state index contributed by atoms with van der Waals surface area (Å²) in [6.07, 6.45) is 92.3. The number of quaternary nitrogens is 1. The Kier molecular flexibility index (Phi) is 60.5. The molecule has 0 fully saturated rings. The van der Waals surface area contributed by atoms with Gasteiger partial charge in [0.2, 0.25) is 5.91 Å². The molecular formula is C73H132N2O6P+. The average Bonchev–Trinajstić information content (AvgIpc) is 3.47. The Balaban J connectivity index is 4.01. The van der Waals surface area contributed by atoms with Gasteiger partial charge >= 0.3 is 7.82 Å². The molecule has 1 amide bonds. The second-order valence-electron chi connectivity index (χ2n) is 24.2. The Bertz CT molecular complexity index is 1700. The molecule has 0 heterocycles. The first-order valence-electron chi connectivity index (χ1n) is 34.3. The fourth-order valence-electron chi connectivity index (χ4n) is 9.69. The molecule has 82 heavy (non-hydrogen) atoms. The van der Waals surface area contributed by atoms with Gasteiger partial charge in [-0.2, -0.15) is 0 Å². The summed E-state index contributed by atoms with van der Waals surface area (Å²) < 4.78 is 23.8. The van der Waals surface area contributed by atoms with Gasteiger partial charge in [0.1, 0.15) is 13.2 Å².